The van der Waals surface area contributed by atoms with Gasteiger partial charge in [0.05, 0.1) is 6.10 Å². The zero-order valence-corrected chi connectivity index (χ0v) is 16.7. The second-order valence-electron chi connectivity index (χ2n) is 7.69. The Labute approximate surface area is 158 Å². The summed E-state index contributed by atoms with van der Waals surface area (Å²) in [6, 6.07) is 0. The summed E-state index contributed by atoms with van der Waals surface area (Å²) in [5, 5.41) is 3.42. The highest BCUT2D eigenvalue weighted by Crippen LogP contribution is 2.30. The van der Waals surface area contributed by atoms with Crippen molar-refractivity contribution < 1.29 is 9.53 Å². The van der Waals surface area contributed by atoms with Crippen molar-refractivity contribution in [2.45, 2.75) is 71.3 Å². The molecule has 0 bridgehead atoms. The third kappa shape index (κ3) is 6.78. The molecule has 3 N–H and O–H groups in total. The predicted molar refractivity (Wildman–Crippen MR) is 106 cm³/mol. The first-order chi connectivity index (χ1) is 12.6. The number of amides is 1. The Balaban J connectivity index is 1.90. The number of carbonyl (C=O) groups excluding carboxylic acids is 1. The Kier molecular flexibility index (Phi) is 9.23. The summed E-state index contributed by atoms with van der Waals surface area (Å²) < 4.78 is 6.02. The molecule has 1 saturated carbocycles. The van der Waals surface area contributed by atoms with Gasteiger partial charge in [-0.2, -0.15) is 0 Å². The highest BCUT2D eigenvalue weighted by molar-refractivity contribution is 5.80. The Bertz CT molecular complexity index is 449. The quantitative estimate of drug-likeness (QED) is 0.485. The molecule has 0 spiro atoms. The van der Waals surface area contributed by atoms with Gasteiger partial charge in [-0.15, -0.1) is 0 Å². The van der Waals surface area contributed by atoms with Crippen LogP contribution in [0.5, 0.6) is 0 Å². The van der Waals surface area contributed by atoms with Crippen LogP contribution in [0.4, 0.5) is 0 Å². The summed E-state index contributed by atoms with van der Waals surface area (Å²) in [6.07, 6.45) is 9.27. The van der Waals surface area contributed by atoms with Crippen LogP contribution in [0.3, 0.4) is 0 Å². The van der Waals surface area contributed by atoms with E-state index in [2.05, 4.69) is 24.1 Å². The Morgan fingerprint density at radius 2 is 2.04 bits per heavy atom. The van der Waals surface area contributed by atoms with Gasteiger partial charge in [0.1, 0.15) is 0 Å². The number of rotatable bonds is 9. The van der Waals surface area contributed by atoms with Crippen molar-refractivity contribution in [3.8, 4) is 0 Å². The van der Waals surface area contributed by atoms with Crippen LogP contribution in [0.25, 0.3) is 0 Å². The second-order valence-corrected chi connectivity index (χ2v) is 7.69. The van der Waals surface area contributed by atoms with E-state index in [1.807, 2.05) is 0 Å². The van der Waals surface area contributed by atoms with E-state index < -0.39 is 0 Å². The van der Waals surface area contributed by atoms with Crippen molar-refractivity contribution in [1.29, 1.82) is 0 Å². The SMILES string of the molecule is CCNC(=NCCC(OCC)C1CCCC1)N1CCCC(CC(N)=O)C1. The molecule has 26 heavy (non-hydrogen) atoms. The predicted octanol–water partition coefficient (Wildman–Crippen LogP) is 2.52. The number of likely N-dealkylation sites (tertiary alicyclic amines) is 1. The first-order valence-electron chi connectivity index (χ1n) is 10.6. The fraction of sp³-hybridized carbons (Fsp3) is 0.900. The molecular weight excluding hydrogens is 328 g/mol. The van der Waals surface area contributed by atoms with Gasteiger partial charge >= 0.3 is 0 Å². The zero-order chi connectivity index (χ0) is 18.8. The van der Waals surface area contributed by atoms with Crippen LogP contribution >= 0.6 is 0 Å². The Morgan fingerprint density at radius 3 is 2.69 bits per heavy atom. The van der Waals surface area contributed by atoms with Crippen LogP contribution in [-0.2, 0) is 9.53 Å². The molecule has 2 unspecified atom stereocenters. The van der Waals surface area contributed by atoms with E-state index in [0.29, 0.717) is 24.4 Å². The molecule has 0 aromatic heterocycles. The van der Waals surface area contributed by atoms with Crippen molar-refractivity contribution in [3.05, 3.63) is 0 Å². The lowest BCUT2D eigenvalue weighted by atomic mass is 9.95. The number of ether oxygens (including phenoxy) is 1. The number of guanidine groups is 1. The smallest absolute Gasteiger partial charge is 0.217 e. The van der Waals surface area contributed by atoms with Gasteiger partial charge in [-0.1, -0.05) is 12.8 Å². The number of piperidine rings is 1. The summed E-state index contributed by atoms with van der Waals surface area (Å²) in [6.45, 7) is 8.48. The third-order valence-electron chi connectivity index (χ3n) is 5.62. The van der Waals surface area contributed by atoms with E-state index in [1.54, 1.807) is 0 Å². The molecular formula is C20H38N4O2. The number of aliphatic imine (C=N–C) groups is 1. The monoisotopic (exact) mass is 366 g/mol. The number of nitrogens with two attached hydrogens (primary N) is 1. The topological polar surface area (TPSA) is 80.0 Å². The first-order valence-corrected chi connectivity index (χ1v) is 10.6. The van der Waals surface area contributed by atoms with E-state index >= 15 is 0 Å². The van der Waals surface area contributed by atoms with Gasteiger partial charge in [0.15, 0.2) is 5.96 Å². The number of hydrogen-bond donors (Lipinski definition) is 2. The Hall–Kier alpha value is -1.30. The fourth-order valence-corrected chi connectivity index (χ4v) is 4.43. The fourth-order valence-electron chi connectivity index (χ4n) is 4.43. The normalized spacial score (nSPS) is 23.2. The van der Waals surface area contributed by atoms with E-state index in [4.69, 9.17) is 15.5 Å². The first kappa shape index (κ1) is 21.0. The van der Waals surface area contributed by atoms with Crippen LogP contribution < -0.4 is 11.1 Å². The molecule has 6 heteroatoms. The minimum atomic E-state index is -0.199. The highest BCUT2D eigenvalue weighted by atomic mass is 16.5. The number of primary amides is 1. The van der Waals surface area contributed by atoms with Crippen molar-refractivity contribution in [2.24, 2.45) is 22.6 Å². The number of carbonyl (C=O) groups is 1. The molecule has 1 amide bonds. The van der Waals surface area contributed by atoms with E-state index in [0.717, 1.165) is 58.0 Å². The maximum Gasteiger partial charge on any atom is 0.217 e. The Morgan fingerprint density at radius 1 is 1.27 bits per heavy atom. The van der Waals surface area contributed by atoms with Gasteiger partial charge in [-0.25, -0.2) is 0 Å². The molecule has 0 aromatic carbocycles. The summed E-state index contributed by atoms with van der Waals surface area (Å²) in [4.78, 5) is 18.4. The molecule has 1 heterocycles. The van der Waals surface area contributed by atoms with Crippen LogP contribution in [0.15, 0.2) is 4.99 Å². The van der Waals surface area contributed by atoms with E-state index in [-0.39, 0.29) is 5.91 Å². The standard InChI is InChI=1S/C20H38N4O2/c1-3-22-20(24-13-7-8-16(15-24)14-19(21)25)23-12-11-18(26-4-2)17-9-5-6-10-17/h16-18H,3-15H2,1-2H3,(H2,21,25)(H,22,23). The number of hydrogen-bond acceptors (Lipinski definition) is 3. The summed E-state index contributed by atoms with van der Waals surface area (Å²) in [7, 11) is 0. The molecule has 0 radical (unpaired) electrons. The van der Waals surface area contributed by atoms with Gasteiger partial charge in [-0.3, -0.25) is 9.79 Å². The van der Waals surface area contributed by atoms with Crippen molar-refractivity contribution in [2.75, 3.05) is 32.8 Å². The van der Waals surface area contributed by atoms with E-state index in [9.17, 15) is 4.79 Å². The molecule has 1 saturated heterocycles. The van der Waals surface area contributed by atoms with Gasteiger partial charge in [-0.05, 0) is 57.8 Å². The van der Waals surface area contributed by atoms with Crippen LogP contribution in [0.2, 0.25) is 0 Å². The van der Waals surface area contributed by atoms with Gasteiger partial charge < -0.3 is 20.7 Å². The lowest BCUT2D eigenvalue weighted by molar-refractivity contribution is -0.119. The summed E-state index contributed by atoms with van der Waals surface area (Å²) in [5.74, 6) is 1.83. The molecule has 1 aliphatic heterocycles. The van der Waals surface area contributed by atoms with Gasteiger partial charge in [0, 0.05) is 39.2 Å². The maximum atomic E-state index is 11.2. The van der Waals surface area contributed by atoms with Crippen molar-refractivity contribution >= 4 is 11.9 Å². The highest BCUT2D eigenvalue weighted by Gasteiger charge is 2.26. The average molecular weight is 367 g/mol. The van der Waals surface area contributed by atoms with Crippen LogP contribution in [0, 0.1) is 11.8 Å². The minimum absolute atomic E-state index is 0.199. The molecule has 0 aromatic rings. The second kappa shape index (κ2) is 11.4. The average Bonchev–Trinajstić information content (AvgIpc) is 3.14. The lowest BCUT2D eigenvalue weighted by Crippen LogP contribution is -2.47. The molecule has 2 atom stereocenters. The lowest BCUT2D eigenvalue weighted by Gasteiger charge is -2.34. The largest absolute Gasteiger partial charge is 0.378 e. The molecule has 1 aliphatic carbocycles. The molecule has 6 nitrogen and oxygen atoms in total. The van der Waals surface area contributed by atoms with Gasteiger partial charge in [0.2, 0.25) is 5.91 Å². The molecule has 2 rings (SSSR count). The molecule has 150 valence electrons. The maximum absolute atomic E-state index is 11.2. The zero-order valence-electron chi connectivity index (χ0n) is 16.7. The number of nitrogens with zero attached hydrogens (tertiary/aromatic N) is 2. The van der Waals surface area contributed by atoms with Crippen LogP contribution in [0.1, 0.15) is 65.2 Å². The van der Waals surface area contributed by atoms with Crippen LogP contribution in [-0.4, -0.2) is 55.7 Å². The third-order valence-corrected chi connectivity index (χ3v) is 5.62. The molecule has 2 fully saturated rings. The van der Waals surface area contributed by atoms with Crippen molar-refractivity contribution in [1.82, 2.24) is 10.2 Å². The molecule has 2 aliphatic rings. The summed E-state index contributed by atoms with van der Waals surface area (Å²) in [5.41, 5.74) is 5.39. The van der Waals surface area contributed by atoms with E-state index in [1.165, 1.54) is 25.7 Å². The minimum Gasteiger partial charge on any atom is -0.378 e. The van der Waals surface area contributed by atoms with Gasteiger partial charge in [0.25, 0.3) is 0 Å². The van der Waals surface area contributed by atoms with Crippen molar-refractivity contribution in [3.63, 3.8) is 0 Å². The summed E-state index contributed by atoms with van der Waals surface area (Å²) >= 11 is 0. The number of nitrogens with one attached hydrogen (secondary N) is 1.